The third-order valence-corrected chi connectivity index (χ3v) is 7.74. The minimum atomic E-state index is -0.475. The first-order chi connectivity index (χ1) is 8.85. The first-order valence-corrected chi connectivity index (χ1v) is 8.25. The van der Waals surface area contributed by atoms with Crippen molar-refractivity contribution in [3.8, 4) is 0 Å². The summed E-state index contributed by atoms with van der Waals surface area (Å²) in [5.74, 6) is 1.03. The Hall–Kier alpha value is -0.250. The van der Waals surface area contributed by atoms with Gasteiger partial charge in [-0.05, 0) is 42.4 Å². The molecule has 0 unspecified atom stereocenters. The lowest BCUT2D eigenvalue weighted by Crippen LogP contribution is -2.59. The molecule has 0 radical (unpaired) electrons. The molecule has 2 saturated carbocycles. The number of rotatable bonds is 0. The van der Waals surface area contributed by atoms with Gasteiger partial charge in [-0.3, -0.25) is 0 Å². The van der Waals surface area contributed by atoms with E-state index in [9.17, 15) is 4.79 Å². The maximum atomic E-state index is 11.3. The van der Waals surface area contributed by atoms with Crippen LogP contribution in [0.15, 0.2) is 0 Å². The van der Waals surface area contributed by atoms with Crippen molar-refractivity contribution in [2.45, 2.75) is 57.4 Å². The Labute approximate surface area is 123 Å². The summed E-state index contributed by atoms with van der Waals surface area (Å²) < 4.78 is 10.6. The number of fused-ring (bicyclic) bond motifs is 3. The molecule has 1 aliphatic heterocycles. The Balaban J connectivity index is 1.91. The van der Waals surface area contributed by atoms with Crippen LogP contribution in [0.1, 0.15) is 46.5 Å². The molecule has 0 N–H and O–H groups in total. The molecule has 0 spiro atoms. The van der Waals surface area contributed by atoms with Gasteiger partial charge >= 0.3 is 6.16 Å². The van der Waals surface area contributed by atoms with E-state index in [0.717, 1.165) is 12.8 Å². The number of alkyl halides is 1. The fourth-order valence-electron chi connectivity index (χ4n) is 4.91. The van der Waals surface area contributed by atoms with Gasteiger partial charge in [0.1, 0.15) is 12.7 Å². The summed E-state index contributed by atoms with van der Waals surface area (Å²) in [5, 5.41) is 0. The van der Waals surface area contributed by atoms with Crippen LogP contribution in [0.2, 0.25) is 0 Å². The lowest BCUT2D eigenvalue weighted by molar-refractivity contribution is -0.170. The number of hydrogen-bond donors (Lipinski definition) is 0. The molecule has 0 aromatic heterocycles. The maximum Gasteiger partial charge on any atom is 0.508 e. The number of hydrogen-bond acceptors (Lipinski definition) is 3. The maximum absolute atomic E-state index is 11.3. The Morgan fingerprint density at radius 2 is 1.95 bits per heavy atom. The van der Waals surface area contributed by atoms with Gasteiger partial charge < -0.3 is 9.47 Å². The monoisotopic (exact) mass is 330 g/mol. The van der Waals surface area contributed by atoms with E-state index < -0.39 is 6.16 Å². The van der Waals surface area contributed by atoms with Gasteiger partial charge in [-0.1, -0.05) is 36.7 Å². The molecule has 5 atom stereocenters. The van der Waals surface area contributed by atoms with Crippen molar-refractivity contribution in [2.24, 2.45) is 22.7 Å². The highest BCUT2D eigenvalue weighted by Crippen LogP contribution is 2.62. The van der Waals surface area contributed by atoms with Crippen molar-refractivity contribution >= 4 is 22.1 Å². The van der Waals surface area contributed by atoms with E-state index >= 15 is 0 Å². The van der Waals surface area contributed by atoms with Crippen molar-refractivity contribution in [1.82, 2.24) is 0 Å². The van der Waals surface area contributed by atoms with E-state index in [1.54, 1.807) is 0 Å². The molecule has 0 aromatic carbocycles. The topological polar surface area (TPSA) is 35.5 Å². The third kappa shape index (κ3) is 1.93. The number of cyclic esters (lactones) is 1. The van der Waals surface area contributed by atoms with Crippen molar-refractivity contribution in [3.63, 3.8) is 0 Å². The standard InChI is InChI=1S/C15H23BrO3/c1-14(2)11-5-4-10-9(8-18-13(17)19-10)15(11,3)7-6-12(14)16/h9-12H,4-8H2,1-3H3/t9-,10+,11-,12+,15-/m1/s1. The van der Waals surface area contributed by atoms with Gasteiger partial charge in [0.2, 0.25) is 0 Å². The summed E-state index contributed by atoms with van der Waals surface area (Å²) in [6, 6.07) is 0. The summed E-state index contributed by atoms with van der Waals surface area (Å²) in [5.41, 5.74) is 0.525. The SMILES string of the molecule is CC1(C)[C@H]2CC[C@@H]3OC(=O)OC[C@H]3[C@@]2(C)CC[C@@H]1Br. The summed E-state index contributed by atoms with van der Waals surface area (Å²) >= 11 is 3.88. The number of ether oxygens (including phenoxy) is 2. The second kappa shape index (κ2) is 4.37. The van der Waals surface area contributed by atoms with E-state index in [1.165, 1.54) is 12.8 Å². The van der Waals surface area contributed by atoms with Crippen LogP contribution in [0.25, 0.3) is 0 Å². The van der Waals surface area contributed by atoms with Gasteiger partial charge in [0.15, 0.2) is 0 Å². The van der Waals surface area contributed by atoms with Crippen LogP contribution < -0.4 is 0 Å². The lowest BCUT2D eigenvalue weighted by Gasteiger charge is -2.60. The van der Waals surface area contributed by atoms with Gasteiger partial charge in [0, 0.05) is 10.7 Å². The van der Waals surface area contributed by atoms with Crippen molar-refractivity contribution in [2.75, 3.05) is 6.61 Å². The highest BCUT2D eigenvalue weighted by Gasteiger charge is 2.59. The largest absolute Gasteiger partial charge is 0.508 e. The highest BCUT2D eigenvalue weighted by atomic mass is 79.9. The molecule has 0 amide bonds. The molecular formula is C15H23BrO3. The molecule has 4 heteroatoms. The number of carbonyl (C=O) groups is 1. The van der Waals surface area contributed by atoms with E-state index in [1.807, 2.05) is 0 Å². The zero-order valence-electron chi connectivity index (χ0n) is 11.9. The summed E-state index contributed by atoms with van der Waals surface area (Å²) in [6.07, 6.45) is 4.13. The second-order valence-electron chi connectivity index (χ2n) is 7.29. The second-order valence-corrected chi connectivity index (χ2v) is 8.39. The van der Waals surface area contributed by atoms with Crippen molar-refractivity contribution in [1.29, 1.82) is 0 Å². The fourth-order valence-corrected chi connectivity index (χ4v) is 5.46. The van der Waals surface area contributed by atoms with Gasteiger partial charge in [0.25, 0.3) is 0 Å². The summed E-state index contributed by atoms with van der Waals surface area (Å²) in [6.45, 7) is 7.69. The van der Waals surface area contributed by atoms with Gasteiger partial charge in [-0.25, -0.2) is 4.79 Å². The molecule has 19 heavy (non-hydrogen) atoms. The molecule has 3 nitrogen and oxygen atoms in total. The predicted molar refractivity (Wildman–Crippen MR) is 76.3 cm³/mol. The highest BCUT2D eigenvalue weighted by molar-refractivity contribution is 9.09. The summed E-state index contributed by atoms with van der Waals surface area (Å²) in [4.78, 5) is 11.9. The Morgan fingerprint density at radius 1 is 1.21 bits per heavy atom. The minimum Gasteiger partial charge on any atom is -0.434 e. The van der Waals surface area contributed by atoms with Crippen LogP contribution in [-0.4, -0.2) is 23.7 Å². The zero-order valence-corrected chi connectivity index (χ0v) is 13.5. The minimum absolute atomic E-state index is 0.0742. The fraction of sp³-hybridized carbons (Fsp3) is 0.933. The van der Waals surface area contributed by atoms with Crippen LogP contribution in [0.5, 0.6) is 0 Å². The van der Waals surface area contributed by atoms with E-state index in [-0.39, 0.29) is 11.5 Å². The molecule has 0 bridgehead atoms. The van der Waals surface area contributed by atoms with E-state index in [2.05, 4.69) is 36.7 Å². The van der Waals surface area contributed by atoms with Gasteiger partial charge in [0.05, 0.1) is 0 Å². The molecule has 0 aromatic rings. The van der Waals surface area contributed by atoms with Crippen LogP contribution >= 0.6 is 15.9 Å². The average molecular weight is 331 g/mol. The molecular weight excluding hydrogens is 308 g/mol. The van der Waals surface area contributed by atoms with Crippen LogP contribution in [0, 0.1) is 22.7 Å². The van der Waals surface area contributed by atoms with E-state index in [4.69, 9.17) is 9.47 Å². The van der Waals surface area contributed by atoms with E-state index in [0.29, 0.717) is 28.7 Å². The Bertz CT molecular complexity index is 395. The van der Waals surface area contributed by atoms with Crippen molar-refractivity contribution < 1.29 is 14.3 Å². The first-order valence-electron chi connectivity index (χ1n) is 7.33. The molecule has 108 valence electrons. The molecule has 1 saturated heterocycles. The van der Waals surface area contributed by atoms with Crippen LogP contribution in [0.3, 0.4) is 0 Å². The normalized spacial score (nSPS) is 48.5. The van der Waals surface area contributed by atoms with Crippen LogP contribution in [0.4, 0.5) is 4.79 Å². The third-order valence-electron chi connectivity index (χ3n) is 6.10. The van der Waals surface area contributed by atoms with Gasteiger partial charge in [-0.15, -0.1) is 0 Å². The molecule has 3 fully saturated rings. The van der Waals surface area contributed by atoms with Gasteiger partial charge in [-0.2, -0.15) is 0 Å². The average Bonchev–Trinajstić information content (AvgIpc) is 2.34. The van der Waals surface area contributed by atoms with Crippen LogP contribution in [-0.2, 0) is 9.47 Å². The Morgan fingerprint density at radius 3 is 2.68 bits per heavy atom. The lowest BCUT2D eigenvalue weighted by atomic mass is 9.48. The molecule has 3 rings (SSSR count). The molecule has 3 aliphatic rings. The predicted octanol–water partition coefficient (Wildman–Crippen LogP) is 4.14. The smallest absolute Gasteiger partial charge is 0.434 e. The number of carbonyl (C=O) groups excluding carboxylic acids is 1. The summed E-state index contributed by atoms with van der Waals surface area (Å²) in [7, 11) is 0. The van der Waals surface area contributed by atoms with Crippen molar-refractivity contribution in [3.05, 3.63) is 0 Å². The molecule has 2 aliphatic carbocycles. The number of halogens is 1. The molecule has 1 heterocycles. The zero-order chi connectivity index (χ0) is 13.8. The first kappa shape index (κ1) is 13.7. The Kier molecular flexibility index (Phi) is 3.16. The quantitative estimate of drug-likeness (QED) is 0.494.